The number of piperazine rings is 1. The molecular weight excluding hydrogens is 530 g/mol. The lowest BCUT2D eigenvalue weighted by atomic mass is 9.75. The fourth-order valence-electron chi connectivity index (χ4n) is 6.33. The van der Waals surface area contributed by atoms with E-state index in [0.717, 1.165) is 55.8 Å². The lowest BCUT2D eigenvalue weighted by molar-refractivity contribution is -0.0103. The Kier molecular flexibility index (Phi) is 10.6. The molecule has 3 aromatic rings. The van der Waals surface area contributed by atoms with Crippen molar-refractivity contribution in [1.29, 1.82) is 0 Å². The van der Waals surface area contributed by atoms with Gasteiger partial charge in [-0.05, 0) is 31.1 Å². The highest BCUT2D eigenvalue weighted by atomic mass is 16.5. The number of nitrogens with zero attached hydrogens (tertiary/aromatic N) is 3. The molecule has 0 bridgehead atoms. The number of Topliss-reactive ketones (excluding diaryl/α,β-unsaturated/α-hetero) is 1. The number of para-hydroxylation sites is 1. The molecule has 8 nitrogen and oxygen atoms in total. The number of benzene rings is 2. The smallest absolute Gasteiger partial charge is 0.164 e. The van der Waals surface area contributed by atoms with Gasteiger partial charge in [-0.25, -0.2) is 0 Å². The predicted octanol–water partition coefficient (Wildman–Crippen LogP) is 5.32. The van der Waals surface area contributed by atoms with Gasteiger partial charge in [0, 0.05) is 69.0 Å². The van der Waals surface area contributed by atoms with Crippen LogP contribution in [0.2, 0.25) is 0 Å². The largest absolute Gasteiger partial charge is 0.490 e. The summed E-state index contributed by atoms with van der Waals surface area (Å²) in [6.45, 7) is 4.75. The number of ether oxygens (including phenoxy) is 2. The maximum atomic E-state index is 13.2. The maximum absolute atomic E-state index is 13.2. The summed E-state index contributed by atoms with van der Waals surface area (Å²) in [7, 11) is 1.62. The number of carbonyl (C=O) groups is 1. The monoisotopic (exact) mass is 573 g/mol. The number of β-amino-alcohol motifs (C(OH)–C–C–N with tert-alkyl or cyclic N) is 1. The minimum absolute atomic E-state index is 0.0483. The molecular formula is C34H43N3O5. The number of hydrogen-bond acceptors (Lipinski definition) is 8. The average molecular weight is 574 g/mol. The van der Waals surface area contributed by atoms with Crippen LogP contribution in [0.4, 0.5) is 0 Å². The Morgan fingerprint density at radius 1 is 1.02 bits per heavy atom. The van der Waals surface area contributed by atoms with E-state index in [9.17, 15) is 9.90 Å². The SMILES string of the molecule is COCc1cc(/C=C/c2ccccc2OCC(O)CN2CCN(C3(CC(=O)c4ccccc4)CCCCC3)CC2)on1. The Morgan fingerprint density at radius 3 is 2.52 bits per heavy atom. The van der Waals surface area contributed by atoms with Crippen molar-refractivity contribution < 1.29 is 23.9 Å². The zero-order valence-electron chi connectivity index (χ0n) is 24.6. The fraction of sp³-hybridized carbons (Fsp3) is 0.471. The van der Waals surface area contributed by atoms with Crippen LogP contribution in [0, 0.1) is 0 Å². The van der Waals surface area contributed by atoms with Crippen LogP contribution in [0.25, 0.3) is 12.2 Å². The summed E-state index contributed by atoms with van der Waals surface area (Å²) < 4.78 is 16.5. The van der Waals surface area contributed by atoms with Crippen LogP contribution in [0.15, 0.2) is 65.2 Å². The topological polar surface area (TPSA) is 88.3 Å². The fourth-order valence-corrected chi connectivity index (χ4v) is 6.33. The number of aliphatic hydroxyl groups excluding tert-OH is 1. The van der Waals surface area contributed by atoms with E-state index in [1.807, 2.05) is 72.8 Å². The molecule has 0 radical (unpaired) electrons. The third kappa shape index (κ3) is 7.95. The molecule has 2 aromatic carbocycles. The van der Waals surface area contributed by atoms with Crippen LogP contribution in [0.1, 0.15) is 65.9 Å². The van der Waals surface area contributed by atoms with E-state index in [2.05, 4.69) is 15.0 Å². The van der Waals surface area contributed by atoms with Gasteiger partial charge in [0.2, 0.25) is 0 Å². The zero-order chi connectivity index (χ0) is 29.2. The van der Waals surface area contributed by atoms with Crippen LogP contribution in [-0.2, 0) is 11.3 Å². The van der Waals surface area contributed by atoms with E-state index in [0.29, 0.717) is 31.1 Å². The first-order chi connectivity index (χ1) is 20.5. The highest BCUT2D eigenvalue weighted by Gasteiger charge is 2.41. The van der Waals surface area contributed by atoms with Crippen molar-refractivity contribution in [1.82, 2.24) is 15.0 Å². The summed E-state index contributed by atoms with van der Waals surface area (Å²) in [6, 6.07) is 19.3. The zero-order valence-corrected chi connectivity index (χ0v) is 24.6. The number of ketones is 1. The molecule has 1 saturated heterocycles. The van der Waals surface area contributed by atoms with E-state index in [1.165, 1.54) is 19.3 Å². The first-order valence-electron chi connectivity index (χ1n) is 15.1. The number of methoxy groups -OCH3 is 1. The molecule has 1 N–H and O–H groups in total. The van der Waals surface area contributed by atoms with Crippen LogP contribution in [0.5, 0.6) is 5.75 Å². The van der Waals surface area contributed by atoms with Crippen LogP contribution < -0.4 is 4.74 Å². The van der Waals surface area contributed by atoms with Gasteiger partial charge in [0.25, 0.3) is 0 Å². The quantitative estimate of drug-likeness (QED) is 0.275. The lowest BCUT2D eigenvalue weighted by Crippen LogP contribution is -2.59. The molecule has 5 rings (SSSR count). The average Bonchev–Trinajstić information content (AvgIpc) is 3.48. The Balaban J connectivity index is 1.11. The molecule has 1 aromatic heterocycles. The van der Waals surface area contributed by atoms with E-state index >= 15 is 0 Å². The Labute approximate surface area is 248 Å². The number of aliphatic hydroxyl groups is 1. The normalized spacial score (nSPS) is 18.7. The molecule has 224 valence electrons. The van der Waals surface area contributed by atoms with Crippen molar-refractivity contribution in [3.8, 4) is 5.75 Å². The molecule has 2 aliphatic rings. The second kappa shape index (κ2) is 14.7. The molecule has 0 amide bonds. The summed E-state index contributed by atoms with van der Waals surface area (Å²) in [4.78, 5) is 18.1. The van der Waals surface area contributed by atoms with E-state index < -0.39 is 6.10 Å². The standard InChI is InChI=1S/C34H43N3O5/c1-40-25-29-22-31(42-35-29)15-14-28-12-6-7-13-33(28)41-26-30(38)24-36-18-20-37(21-19-36)34(16-8-3-9-17-34)23-32(39)27-10-4-2-5-11-27/h2,4-7,10-15,22,30,38H,3,8-9,16-21,23-26H2,1H3/b15-14+. The summed E-state index contributed by atoms with van der Waals surface area (Å²) in [5.74, 6) is 1.59. The third-order valence-electron chi connectivity index (χ3n) is 8.53. The Bertz CT molecular complexity index is 1290. The van der Waals surface area contributed by atoms with Crippen molar-refractivity contribution >= 4 is 17.9 Å². The van der Waals surface area contributed by atoms with Gasteiger partial charge in [-0.15, -0.1) is 0 Å². The van der Waals surface area contributed by atoms with Crippen molar-refractivity contribution in [2.45, 2.75) is 56.8 Å². The summed E-state index contributed by atoms with van der Waals surface area (Å²) in [5, 5.41) is 14.8. The van der Waals surface area contributed by atoms with Crippen molar-refractivity contribution in [3.05, 3.63) is 83.2 Å². The molecule has 1 unspecified atom stereocenters. The molecule has 1 aliphatic carbocycles. The second-order valence-corrected chi connectivity index (χ2v) is 11.5. The molecule has 1 aliphatic heterocycles. The number of aromatic nitrogens is 1. The van der Waals surface area contributed by atoms with Crippen molar-refractivity contribution in [2.75, 3.05) is 46.4 Å². The summed E-state index contributed by atoms with van der Waals surface area (Å²) in [6.07, 6.45) is 9.53. The molecule has 8 heteroatoms. The van der Waals surface area contributed by atoms with Crippen LogP contribution in [0.3, 0.4) is 0 Å². The van der Waals surface area contributed by atoms with Gasteiger partial charge >= 0.3 is 0 Å². The molecule has 2 fully saturated rings. The minimum Gasteiger partial charge on any atom is -0.490 e. The van der Waals surface area contributed by atoms with Gasteiger partial charge in [-0.3, -0.25) is 14.6 Å². The van der Waals surface area contributed by atoms with Crippen LogP contribution in [-0.4, -0.2) is 83.9 Å². The van der Waals surface area contributed by atoms with Gasteiger partial charge in [-0.2, -0.15) is 0 Å². The van der Waals surface area contributed by atoms with Crippen LogP contribution >= 0.6 is 0 Å². The molecule has 2 heterocycles. The number of carbonyl (C=O) groups excluding carboxylic acids is 1. The van der Waals surface area contributed by atoms with E-state index in [-0.39, 0.29) is 17.9 Å². The molecule has 1 atom stereocenters. The van der Waals surface area contributed by atoms with Gasteiger partial charge in [-0.1, -0.05) is 73.0 Å². The Morgan fingerprint density at radius 2 is 1.76 bits per heavy atom. The number of rotatable bonds is 13. The van der Waals surface area contributed by atoms with Gasteiger partial charge < -0.3 is 19.1 Å². The third-order valence-corrected chi connectivity index (χ3v) is 8.53. The first-order valence-corrected chi connectivity index (χ1v) is 15.1. The second-order valence-electron chi connectivity index (χ2n) is 11.5. The summed E-state index contributed by atoms with van der Waals surface area (Å²) in [5.41, 5.74) is 2.40. The van der Waals surface area contributed by atoms with E-state index in [4.69, 9.17) is 14.0 Å². The van der Waals surface area contributed by atoms with Crippen molar-refractivity contribution in [2.24, 2.45) is 0 Å². The lowest BCUT2D eigenvalue weighted by Gasteiger charge is -2.50. The number of hydrogen-bond donors (Lipinski definition) is 1. The molecule has 0 spiro atoms. The molecule has 42 heavy (non-hydrogen) atoms. The van der Waals surface area contributed by atoms with E-state index in [1.54, 1.807) is 7.11 Å². The predicted molar refractivity (Wildman–Crippen MR) is 163 cm³/mol. The minimum atomic E-state index is -0.609. The molecule has 1 saturated carbocycles. The summed E-state index contributed by atoms with van der Waals surface area (Å²) >= 11 is 0. The first kappa shape index (κ1) is 30.2. The van der Waals surface area contributed by atoms with Gasteiger partial charge in [0.1, 0.15) is 24.2 Å². The van der Waals surface area contributed by atoms with Gasteiger partial charge in [0.15, 0.2) is 11.5 Å². The highest BCUT2D eigenvalue weighted by Crippen LogP contribution is 2.38. The highest BCUT2D eigenvalue weighted by molar-refractivity contribution is 5.96. The maximum Gasteiger partial charge on any atom is 0.164 e. The van der Waals surface area contributed by atoms with Gasteiger partial charge in [0.05, 0.1) is 6.61 Å². The Hall–Kier alpha value is -3.30. The van der Waals surface area contributed by atoms with Crippen molar-refractivity contribution in [3.63, 3.8) is 0 Å².